The van der Waals surface area contributed by atoms with E-state index in [9.17, 15) is 0 Å². The fourth-order valence-electron chi connectivity index (χ4n) is 2.26. The maximum atomic E-state index is 4.70. The molecule has 0 aromatic carbocycles. The fourth-order valence-corrected chi connectivity index (χ4v) is 2.26. The van der Waals surface area contributed by atoms with Crippen molar-refractivity contribution < 1.29 is 0 Å². The van der Waals surface area contributed by atoms with Crippen molar-refractivity contribution in [2.45, 2.75) is 64.8 Å². The summed E-state index contributed by atoms with van der Waals surface area (Å²) in [6.07, 6.45) is 12.0. The molecule has 0 bridgehead atoms. The summed E-state index contributed by atoms with van der Waals surface area (Å²) in [4.78, 5) is 4.70. The molecule has 1 heteroatoms. The first-order valence-electron chi connectivity index (χ1n) is 6.15. The maximum Gasteiger partial charge on any atom is 0.0520 e. The lowest BCUT2D eigenvalue weighted by Crippen LogP contribution is -2.27. The predicted molar refractivity (Wildman–Crippen MR) is 68.6 cm³/mol. The van der Waals surface area contributed by atoms with Gasteiger partial charge >= 0.3 is 0 Å². The van der Waals surface area contributed by atoms with Crippen LogP contribution in [0.1, 0.15) is 59.3 Å². The van der Waals surface area contributed by atoms with Gasteiger partial charge in [-0.15, -0.1) is 6.58 Å². The van der Waals surface area contributed by atoms with Crippen LogP contribution < -0.4 is 0 Å². The summed E-state index contributed by atoms with van der Waals surface area (Å²) in [6.45, 7) is 10.4. The largest absolute Gasteiger partial charge is 0.291 e. The molecule has 0 spiro atoms. The molecule has 0 amide bonds. The molecule has 0 radical (unpaired) electrons. The number of hydrogen-bond donors (Lipinski definition) is 0. The van der Waals surface area contributed by atoms with Gasteiger partial charge in [0.25, 0.3) is 0 Å². The lowest BCUT2D eigenvalue weighted by atomic mass is 9.72. The average molecular weight is 207 g/mol. The van der Waals surface area contributed by atoms with Crippen LogP contribution in [0.4, 0.5) is 0 Å². The van der Waals surface area contributed by atoms with Crippen LogP contribution in [0.5, 0.6) is 0 Å². The fraction of sp³-hybridized carbons (Fsp3) is 0.786. The highest BCUT2D eigenvalue weighted by atomic mass is 14.8. The smallest absolute Gasteiger partial charge is 0.0520 e. The Morgan fingerprint density at radius 2 is 1.80 bits per heavy atom. The van der Waals surface area contributed by atoms with Crippen molar-refractivity contribution in [1.29, 1.82) is 0 Å². The predicted octanol–water partition coefficient (Wildman–Crippen LogP) is 4.38. The van der Waals surface area contributed by atoms with E-state index in [2.05, 4.69) is 39.6 Å². The van der Waals surface area contributed by atoms with Gasteiger partial charge in [-0.1, -0.05) is 25.3 Å². The van der Waals surface area contributed by atoms with Crippen molar-refractivity contribution in [3.05, 3.63) is 12.7 Å². The summed E-state index contributed by atoms with van der Waals surface area (Å²) < 4.78 is 0. The van der Waals surface area contributed by atoms with Crippen molar-refractivity contribution >= 4 is 6.21 Å². The van der Waals surface area contributed by atoms with Crippen LogP contribution in [0.3, 0.4) is 0 Å². The third-order valence-corrected chi connectivity index (χ3v) is 3.13. The van der Waals surface area contributed by atoms with Crippen molar-refractivity contribution in [3.8, 4) is 0 Å². The maximum absolute atomic E-state index is 4.70. The molecular formula is C14H25N. The van der Waals surface area contributed by atoms with Crippen LogP contribution in [-0.4, -0.2) is 11.8 Å². The molecule has 0 aromatic heterocycles. The van der Waals surface area contributed by atoms with Crippen LogP contribution in [-0.2, 0) is 0 Å². The Bertz CT molecular complexity index is 226. The zero-order valence-corrected chi connectivity index (χ0v) is 10.6. The summed E-state index contributed by atoms with van der Waals surface area (Å²) in [5, 5.41) is 0. The Balaban J connectivity index is 2.72. The van der Waals surface area contributed by atoms with Gasteiger partial charge in [0.1, 0.15) is 0 Å². The van der Waals surface area contributed by atoms with Crippen LogP contribution in [0.25, 0.3) is 0 Å². The zero-order chi connectivity index (χ0) is 11.4. The highest BCUT2D eigenvalue weighted by Crippen LogP contribution is 2.38. The van der Waals surface area contributed by atoms with Gasteiger partial charge in [0, 0.05) is 11.6 Å². The Morgan fingerprint density at radius 3 is 2.27 bits per heavy atom. The van der Waals surface area contributed by atoms with Crippen molar-refractivity contribution in [3.63, 3.8) is 0 Å². The summed E-state index contributed by atoms with van der Waals surface area (Å²) in [5.41, 5.74) is 0.388. The number of aliphatic imine (C=N–C) groups is 1. The number of hydrogen-bond acceptors (Lipinski definition) is 1. The van der Waals surface area contributed by atoms with Crippen LogP contribution in [0.15, 0.2) is 17.6 Å². The van der Waals surface area contributed by atoms with Gasteiger partial charge in [-0.05, 0) is 40.0 Å². The van der Waals surface area contributed by atoms with Gasteiger partial charge in [0.15, 0.2) is 0 Å². The summed E-state index contributed by atoms with van der Waals surface area (Å²) >= 11 is 0. The molecule has 86 valence electrons. The van der Waals surface area contributed by atoms with Gasteiger partial charge in [0.05, 0.1) is 5.54 Å². The first-order chi connectivity index (χ1) is 6.97. The van der Waals surface area contributed by atoms with E-state index in [0.717, 1.165) is 6.42 Å². The zero-order valence-electron chi connectivity index (χ0n) is 10.6. The van der Waals surface area contributed by atoms with Crippen molar-refractivity contribution in [2.75, 3.05) is 0 Å². The van der Waals surface area contributed by atoms with Gasteiger partial charge in [0.2, 0.25) is 0 Å². The molecule has 1 nitrogen and oxygen atoms in total. The monoisotopic (exact) mass is 207 g/mol. The first kappa shape index (κ1) is 12.5. The molecular weight excluding hydrogens is 182 g/mol. The van der Waals surface area contributed by atoms with E-state index < -0.39 is 0 Å². The van der Waals surface area contributed by atoms with E-state index in [1.807, 2.05) is 0 Å². The molecule has 0 unspecified atom stereocenters. The van der Waals surface area contributed by atoms with Gasteiger partial charge in [-0.25, -0.2) is 0 Å². The van der Waals surface area contributed by atoms with Crippen molar-refractivity contribution in [2.24, 2.45) is 10.4 Å². The Hall–Kier alpha value is -0.590. The molecule has 1 aliphatic rings. The molecule has 0 heterocycles. The molecule has 1 fully saturated rings. The molecule has 0 saturated heterocycles. The lowest BCUT2D eigenvalue weighted by Gasteiger charge is -2.33. The molecule has 0 N–H and O–H groups in total. The standard InChI is InChI=1S/C14H25N/c1-5-9-14(10-7-6-8-11-14)12-15-13(2,3)4/h5,12H,1,6-11H2,2-4H3. The lowest BCUT2D eigenvalue weighted by molar-refractivity contribution is 0.292. The minimum absolute atomic E-state index is 0.0611. The van der Waals surface area contributed by atoms with Crippen LogP contribution >= 0.6 is 0 Å². The molecule has 0 aromatic rings. The van der Waals surface area contributed by atoms with Crippen LogP contribution in [0, 0.1) is 5.41 Å². The quantitative estimate of drug-likeness (QED) is 0.481. The van der Waals surface area contributed by atoms with E-state index in [-0.39, 0.29) is 5.54 Å². The Morgan fingerprint density at radius 1 is 1.20 bits per heavy atom. The molecule has 0 atom stereocenters. The molecule has 1 aliphatic carbocycles. The van der Waals surface area contributed by atoms with E-state index in [0.29, 0.717) is 5.41 Å². The second kappa shape index (κ2) is 4.96. The topological polar surface area (TPSA) is 12.4 Å². The summed E-state index contributed by atoms with van der Waals surface area (Å²) in [6, 6.07) is 0. The Labute approximate surface area is 94.7 Å². The summed E-state index contributed by atoms with van der Waals surface area (Å²) in [7, 11) is 0. The van der Waals surface area contributed by atoms with E-state index in [1.165, 1.54) is 32.1 Å². The van der Waals surface area contributed by atoms with Crippen molar-refractivity contribution in [1.82, 2.24) is 0 Å². The third-order valence-electron chi connectivity index (χ3n) is 3.13. The second-order valence-corrected chi connectivity index (χ2v) is 5.84. The Kier molecular flexibility index (Phi) is 4.12. The number of rotatable bonds is 3. The average Bonchev–Trinajstić information content (AvgIpc) is 2.16. The minimum Gasteiger partial charge on any atom is -0.291 e. The minimum atomic E-state index is 0.0611. The van der Waals surface area contributed by atoms with E-state index >= 15 is 0 Å². The highest BCUT2D eigenvalue weighted by molar-refractivity contribution is 5.66. The SMILES string of the molecule is C=CCC1(C=NC(C)(C)C)CCCCC1. The summed E-state index contributed by atoms with van der Waals surface area (Å²) in [5.74, 6) is 0. The van der Waals surface area contributed by atoms with Gasteiger partial charge < -0.3 is 0 Å². The highest BCUT2D eigenvalue weighted by Gasteiger charge is 2.29. The first-order valence-corrected chi connectivity index (χ1v) is 6.15. The van der Waals surface area contributed by atoms with Crippen LogP contribution in [0.2, 0.25) is 0 Å². The molecule has 0 aliphatic heterocycles. The number of allylic oxidation sites excluding steroid dienone is 1. The molecule has 1 saturated carbocycles. The third kappa shape index (κ3) is 4.19. The molecule has 1 rings (SSSR count). The van der Waals surface area contributed by atoms with E-state index in [4.69, 9.17) is 4.99 Å². The number of nitrogens with zero attached hydrogens (tertiary/aromatic N) is 1. The second-order valence-electron chi connectivity index (χ2n) is 5.84. The van der Waals surface area contributed by atoms with Gasteiger partial charge in [-0.3, -0.25) is 4.99 Å². The molecule has 15 heavy (non-hydrogen) atoms. The normalized spacial score (nSPS) is 21.8. The van der Waals surface area contributed by atoms with E-state index in [1.54, 1.807) is 0 Å². The van der Waals surface area contributed by atoms with Gasteiger partial charge in [-0.2, -0.15) is 0 Å².